The molecule has 2 rings (SSSR count). The Balaban J connectivity index is 2.07. The molecule has 0 bridgehead atoms. The number of carbonyl (C=O) groups is 1. The Morgan fingerprint density at radius 2 is 2.00 bits per heavy atom. The van der Waals surface area contributed by atoms with Gasteiger partial charge >= 0.3 is 0 Å². The molecule has 0 saturated carbocycles. The first-order valence-corrected chi connectivity index (χ1v) is 7.29. The summed E-state index contributed by atoms with van der Waals surface area (Å²) in [7, 11) is 0. The number of anilines is 1. The van der Waals surface area contributed by atoms with E-state index in [-0.39, 0.29) is 17.6 Å². The molecule has 1 atom stereocenters. The molecule has 6 nitrogen and oxygen atoms in total. The second-order valence-corrected chi connectivity index (χ2v) is 5.51. The van der Waals surface area contributed by atoms with E-state index in [9.17, 15) is 14.9 Å². The molecule has 1 saturated heterocycles. The number of nitrogens with zero attached hydrogens (tertiary/aromatic N) is 2. The van der Waals surface area contributed by atoms with Gasteiger partial charge in [-0.2, -0.15) is 0 Å². The van der Waals surface area contributed by atoms with E-state index in [4.69, 9.17) is 0 Å². The molecule has 1 amide bonds. The zero-order valence-corrected chi connectivity index (χ0v) is 12.5. The van der Waals surface area contributed by atoms with E-state index in [1.165, 1.54) is 18.6 Å². The highest BCUT2D eigenvalue weighted by atomic mass is 16.6. The molecule has 1 unspecified atom stereocenters. The maximum atomic E-state index is 12.4. The molecule has 6 heteroatoms. The number of hydrogen-bond acceptors (Lipinski definition) is 4. The third-order valence-electron chi connectivity index (χ3n) is 3.84. The van der Waals surface area contributed by atoms with Gasteiger partial charge in [0, 0.05) is 30.9 Å². The number of hydrogen-bond donors (Lipinski definition) is 1. The van der Waals surface area contributed by atoms with Crippen LogP contribution in [0.25, 0.3) is 0 Å². The number of likely N-dealkylation sites (tertiary alicyclic amines) is 1. The highest BCUT2D eigenvalue weighted by Crippen LogP contribution is 2.23. The van der Waals surface area contributed by atoms with E-state index >= 15 is 0 Å². The van der Waals surface area contributed by atoms with Crippen LogP contribution in [-0.2, 0) is 4.79 Å². The number of piperidine rings is 1. The van der Waals surface area contributed by atoms with Crippen molar-refractivity contribution in [3.8, 4) is 0 Å². The fourth-order valence-corrected chi connectivity index (χ4v) is 2.56. The fourth-order valence-electron chi connectivity index (χ4n) is 2.56. The van der Waals surface area contributed by atoms with Gasteiger partial charge in [0.1, 0.15) is 6.04 Å². The summed E-state index contributed by atoms with van der Waals surface area (Å²) in [6.07, 6.45) is 3.28. The minimum atomic E-state index is -0.429. The number of amides is 1. The van der Waals surface area contributed by atoms with Gasteiger partial charge in [0.05, 0.1) is 4.92 Å². The van der Waals surface area contributed by atoms with Gasteiger partial charge in [-0.3, -0.25) is 14.9 Å². The molecular weight excluding hydrogens is 270 g/mol. The Bertz CT molecular complexity index is 539. The summed E-state index contributed by atoms with van der Waals surface area (Å²) in [5.41, 5.74) is 1.56. The highest BCUT2D eigenvalue weighted by molar-refractivity contribution is 5.84. The van der Waals surface area contributed by atoms with Crippen molar-refractivity contribution in [2.75, 3.05) is 18.4 Å². The molecule has 0 spiro atoms. The van der Waals surface area contributed by atoms with E-state index in [0.29, 0.717) is 5.69 Å². The summed E-state index contributed by atoms with van der Waals surface area (Å²) in [6, 6.07) is 4.26. The molecule has 1 aliphatic rings. The lowest BCUT2D eigenvalue weighted by molar-refractivity contribution is -0.384. The van der Waals surface area contributed by atoms with E-state index in [0.717, 1.165) is 31.5 Å². The Labute approximate surface area is 124 Å². The molecule has 1 N–H and O–H groups in total. The van der Waals surface area contributed by atoms with Gasteiger partial charge in [-0.25, -0.2) is 0 Å². The van der Waals surface area contributed by atoms with Gasteiger partial charge in [-0.15, -0.1) is 0 Å². The molecule has 0 radical (unpaired) electrons. The lowest BCUT2D eigenvalue weighted by Gasteiger charge is -2.30. The summed E-state index contributed by atoms with van der Waals surface area (Å²) < 4.78 is 0. The predicted octanol–water partition coefficient (Wildman–Crippen LogP) is 2.72. The van der Waals surface area contributed by atoms with Crippen LogP contribution in [-0.4, -0.2) is 34.9 Å². The number of non-ortho nitro benzene ring substituents is 1. The van der Waals surface area contributed by atoms with Gasteiger partial charge in [0.25, 0.3) is 5.69 Å². The van der Waals surface area contributed by atoms with Gasteiger partial charge < -0.3 is 10.2 Å². The Hall–Kier alpha value is -2.11. The Morgan fingerprint density at radius 1 is 1.33 bits per heavy atom. The third-order valence-corrected chi connectivity index (χ3v) is 3.84. The smallest absolute Gasteiger partial charge is 0.271 e. The van der Waals surface area contributed by atoms with Crippen LogP contribution in [0.15, 0.2) is 18.2 Å². The lowest BCUT2D eigenvalue weighted by Crippen LogP contribution is -2.43. The zero-order valence-electron chi connectivity index (χ0n) is 12.5. The second kappa shape index (κ2) is 6.56. The SMILES string of the molecule is Cc1ccc([N+](=O)[O-])cc1NC(C)C(=O)N1CCCCC1. The monoisotopic (exact) mass is 291 g/mol. The molecule has 0 aromatic heterocycles. The van der Waals surface area contributed by atoms with E-state index in [1.54, 1.807) is 13.0 Å². The van der Waals surface area contributed by atoms with Crippen LogP contribution >= 0.6 is 0 Å². The molecule has 1 aromatic rings. The summed E-state index contributed by atoms with van der Waals surface area (Å²) in [6.45, 7) is 5.27. The first-order valence-electron chi connectivity index (χ1n) is 7.29. The molecule has 0 aliphatic carbocycles. The first kappa shape index (κ1) is 15.3. The van der Waals surface area contributed by atoms with E-state index in [2.05, 4.69) is 5.32 Å². The van der Waals surface area contributed by atoms with Crippen molar-refractivity contribution in [2.45, 2.75) is 39.2 Å². The van der Waals surface area contributed by atoms with Crippen LogP contribution < -0.4 is 5.32 Å². The van der Waals surface area contributed by atoms with Crippen molar-refractivity contribution < 1.29 is 9.72 Å². The van der Waals surface area contributed by atoms with Crippen LogP contribution in [0.5, 0.6) is 0 Å². The molecule has 1 heterocycles. The number of nitro groups is 1. The Morgan fingerprint density at radius 3 is 2.62 bits per heavy atom. The number of benzene rings is 1. The van der Waals surface area contributed by atoms with Crippen LogP contribution in [0, 0.1) is 17.0 Å². The van der Waals surface area contributed by atoms with Crippen molar-refractivity contribution in [1.82, 2.24) is 4.90 Å². The molecule has 1 aromatic carbocycles. The molecular formula is C15H21N3O3. The topological polar surface area (TPSA) is 75.5 Å². The van der Waals surface area contributed by atoms with Crippen molar-refractivity contribution in [3.05, 3.63) is 33.9 Å². The molecule has 1 fully saturated rings. The number of nitrogens with one attached hydrogen (secondary N) is 1. The molecule has 21 heavy (non-hydrogen) atoms. The van der Waals surface area contributed by atoms with Crippen molar-refractivity contribution in [1.29, 1.82) is 0 Å². The van der Waals surface area contributed by atoms with Crippen molar-refractivity contribution >= 4 is 17.3 Å². The number of aryl methyl sites for hydroxylation is 1. The van der Waals surface area contributed by atoms with Crippen LogP contribution in [0.4, 0.5) is 11.4 Å². The summed E-state index contributed by atoms with van der Waals surface area (Å²) in [4.78, 5) is 24.6. The maximum Gasteiger partial charge on any atom is 0.271 e. The highest BCUT2D eigenvalue weighted by Gasteiger charge is 2.22. The number of rotatable bonds is 4. The summed E-state index contributed by atoms with van der Waals surface area (Å²) in [5, 5.41) is 13.9. The second-order valence-electron chi connectivity index (χ2n) is 5.51. The first-order chi connectivity index (χ1) is 9.99. The standard InChI is InChI=1S/C15H21N3O3/c1-11-6-7-13(18(20)21)10-14(11)16-12(2)15(19)17-8-4-3-5-9-17/h6-7,10,12,16H,3-5,8-9H2,1-2H3. The number of nitro benzene ring substituents is 1. The minimum absolute atomic E-state index is 0.0284. The van der Waals surface area contributed by atoms with Gasteiger partial charge in [0.15, 0.2) is 0 Å². The quantitative estimate of drug-likeness (QED) is 0.683. The Kier molecular flexibility index (Phi) is 4.77. The van der Waals surface area contributed by atoms with E-state index < -0.39 is 4.92 Å². The van der Waals surface area contributed by atoms with Gasteiger partial charge in [-0.1, -0.05) is 6.07 Å². The summed E-state index contributed by atoms with van der Waals surface area (Å²) >= 11 is 0. The van der Waals surface area contributed by atoms with Crippen molar-refractivity contribution in [2.24, 2.45) is 0 Å². The zero-order chi connectivity index (χ0) is 15.4. The molecule has 114 valence electrons. The van der Waals surface area contributed by atoms with Crippen LogP contribution in [0.1, 0.15) is 31.7 Å². The van der Waals surface area contributed by atoms with Crippen LogP contribution in [0.2, 0.25) is 0 Å². The normalized spacial score (nSPS) is 16.4. The maximum absolute atomic E-state index is 12.4. The van der Waals surface area contributed by atoms with Gasteiger partial charge in [-0.05, 0) is 38.7 Å². The van der Waals surface area contributed by atoms with E-state index in [1.807, 2.05) is 11.8 Å². The minimum Gasteiger partial charge on any atom is -0.373 e. The van der Waals surface area contributed by atoms with Gasteiger partial charge in [0.2, 0.25) is 5.91 Å². The van der Waals surface area contributed by atoms with Crippen molar-refractivity contribution in [3.63, 3.8) is 0 Å². The number of carbonyl (C=O) groups excluding carboxylic acids is 1. The van der Waals surface area contributed by atoms with Crippen LogP contribution in [0.3, 0.4) is 0 Å². The fraction of sp³-hybridized carbons (Fsp3) is 0.533. The summed E-state index contributed by atoms with van der Waals surface area (Å²) in [5.74, 6) is 0.0561. The average Bonchev–Trinajstić information content (AvgIpc) is 2.49. The third kappa shape index (κ3) is 3.71. The lowest BCUT2D eigenvalue weighted by atomic mass is 10.1. The average molecular weight is 291 g/mol. The predicted molar refractivity (Wildman–Crippen MR) is 81.3 cm³/mol. The molecule has 1 aliphatic heterocycles. The largest absolute Gasteiger partial charge is 0.373 e.